The van der Waals surface area contributed by atoms with E-state index in [2.05, 4.69) is 23.5 Å². The lowest BCUT2D eigenvalue weighted by Crippen LogP contribution is -2.42. The van der Waals surface area contributed by atoms with Crippen molar-refractivity contribution in [2.75, 3.05) is 13.1 Å². The van der Waals surface area contributed by atoms with Gasteiger partial charge in [0, 0.05) is 13.0 Å². The summed E-state index contributed by atoms with van der Waals surface area (Å²) in [5.74, 6) is 2.71. The Bertz CT molecular complexity index is 233. The van der Waals surface area contributed by atoms with Crippen molar-refractivity contribution < 1.29 is 4.79 Å². The van der Waals surface area contributed by atoms with Crippen molar-refractivity contribution in [1.29, 1.82) is 0 Å². The fourth-order valence-corrected chi connectivity index (χ4v) is 1.50. The van der Waals surface area contributed by atoms with Gasteiger partial charge in [-0.25, -0.2) is 0 Å². The van der Waals surface area contributed by atoms with Crippen LogP contribution in [-0.2, 0) is 4.79 Å². The van der Waals surface area contributed by atoms with Crippen LogP contribution in [0.1, 0.15) is 52.4 Å². The lowest BCUT2D eigenvalue weighted by atomic mass is 10.2. The van der Waals surface area contributed by atoms with Gasteiger partial charge in [0.2, 0.25) is 5.91 Å². The molecule has 0 spiro atoms. The largest absolute Gasteiger partial charge is 0.355 e. The van der Waals surface area contributed by atoms with Crippen LogP contribution < -0.4 is 10.6 Å². The van der Waals surface area contributed by atoms with Gasteiger partial charge in [0.05, 0.1) is 6.04 Å². The second-order valence-electron chi connectivity index (χ2n) is 4.34. The minimum absolute atomic E-state index is 0.0954. The number of hydrogen-bond acceptors (Lipinski definition) is 2. The molecular formula is C14H26N2O. The van der Waals surface area contributed by atoms with Crippen LogP contribution in [0, 0.1) is 12.3 Å². The lowest BCUT2D eigenvalue weighted by molar-refractivity contribution is -0.122. The van der Waals surface area contributed by atoms with E-state index in [9.17, 15) is 4.79 Å². The summed E-state index contributed by atoms with van der Waals surface area (Å²) in [6.45, 7) is 5.69. The fourth-order valence-electron chi connectivity index (χ4n) is 1.50. The van der Waals surface area contributed by atoms with E-state index < -0.39 is 0 Å². The van der Waals surface area contributed by atoms with Crippen molar-refractivity contribution in [3.63, 3.8) is 0 Å². The topological polar surface area (TPSA) is 41.1 Å². The molecule has 0 aliphatic carbocycles. The predicted molar refractivity (Wildman–Crippen MR) is 72.7 cm³/mol. The molecule has 0 radical (unpaired) electrons. The maximum absolute atomic E-state index is 11.6. The van der Waals surface area contributed by atoms with Crippen LogP contribution in [0.15, 0.2) is 0 Å². The zero-order chi connectivity index (χ0) is 12.9. The van der Waals surface area contributed by atoms with E-state index in [1.807, 2.05) is 6.92 Å². The highest BCUT2D eigenvalue weighted by Crippen LogP contribution is 1.94. The number of carbonyl (C=O) groups excluding carboxylic acids is 1. The zero-order valence-electron chi connectivity index (χ0n) is 11.2. The highest BCUT2D eigenvalue weighted by Gasteiger charge is 2.10. The average molecular weight is 238 g/mol. The molecule has 1 atom stereocenters. The van der Waals surface area contributed by atoms with Crippen LogP contribution in [0.25, 0.3) is 0 Å². The van der Waals surface area contributed by atoms with Gasteiger partial charge in [0.1, 0.15) is 0 Å². The molecule has 1 amide bonds. The van der Waals surface area contributed by atoms with Crippen molar-refractivity contribution in [2.45, 2.75) is 58.4 Å². The van der Waals surface area contributed by atoms with E-state index in [-0.39, 0.29) is 11.9 Å². The molecule has 0 aromatic rings. The molecule has 17 heavy (non-hydrogen) atoms. The SMILES string of the molecule is C#CCCCCNC(C)C(=O)NCCCCC. The minimum atomic E-state index is -0.109. The van der Waals surface area contributed by atoms with Gasteiger partial charge in [-0.2, -0.15) is 0 Å². The molecule has 0 aliphatic heterocycles. The van der Waals surface area contributed by atoms with Gasteiger partial charge in [-0.3, -0.25) is 4.79 Å². The van der Waals surface area contributed by atoms with E-state index in [1.165, 1.54) is 12.8 Å². The normalized spacial score (nSPS) is 11.8. The van der Waals surface area contributed by atoms with Crippen molar-refractivity contribution in [3.05, 3.63) is 0 Å². The Morgan fingerprint density at radius 2 is 1.94 bits per heavy atom. The van der Waals surface area contributed by atoms with Crippen LogP contribution in [-0.4, -0.2) is 25.0 Å². The number of amides is 1. The van der Waals surface area contributed by atoms with Crippen molar-refractivity contribution in [2.24, 2.45) is 0 Å². The van der Waals surface area contributed by atoms with Gasteiger partial charge >= 0.3 is 0 Å². The molecule has 0 aliphatic rings. The number of hydrogen-bond donors (Lipinski definition) is 2. The summed E-state index contributed by atoms with van der Waals surface area (Å²) in [4.78, 5) is 11.6. The minimum Gasteiger partial charge on any atom is -0.355 e. The van der Waals surface area contributed by atoms with Gasteiger partial charge in [-0.15, -0.1) is 12.3 Å². The average Bonchev–Trinajstić information content (AvgIpc) is 2.34. The number of rotatable bonds is 10. The molecule has 2 N–H and O–H groups in total. The van der Waals surface area contributed by atoms with Gasteiger partial charge in [0.15, 0.2) is 0 Å². The first kappa shape index (κ1) is 16.0. The molecule has 0 fully saturated rings. The summed E-state index contributed by atoms with van der Waals surface area (Å²) in [6.07, 6.45) is 11.5. The van der Waals surface area contributed by atoms with Gasteiger partial charge in [0.25, 0.3) is 0 Å². The van der Waals surface area contributed by atoms with E-state index >= 15 is 0 Å². The number of carbonyl (C=O) groups is 1. The second kappa shape index (κ2) is 11.5. The molecule has 0 aromatic carbocycles. The molecule has 0 saturated heterocycles. The Morgan fingerprint density at radius 3 is 2.59 bits per heavy atom. The summed E-state index contributed by atoms with van der Waals surface area (Å²) in [6, 6.07) is -0.109. The summed E-state index contributed by atoms with van der Waals surface area (Å²) < 4.78 is 0. The van der Waals surface area contributed by atoms with Crippen LogP contribution in [0.3, 0.4) is 0 Å². The third-order valence-corrected chi connectivity index (χ3v) is 2.67. The van der Waals surface area contributed by atoms with Crippen LogP contribution in [0.5, 0.6) is 0 Å². The first-order valence-electron chi connectivity index (χ1n) is 6.67. The van der Waals surface area contributed by atoms with Crippen molar-refractivity contribution in [1.82, 2.24) is 10.6 Å². The van der Waals surface area contributed by atoms with Gasteiger partial charge in [-0.1, -0.05) is 19.8 Å². The van der Waals surface area contributed by atoms with Crippen molar-refractivity contribution >= 4 is 5.91 Å². The Labute approximate surface area is 106 Å². The van der Waals surface area contributed by atoms with Crippen molar-refractivity contribution in [3.8, 4) is 12.3 Å². The summed E-state index contributed by atoms with van der Waals surface area (Å²) in [5.41, 5.74) is 0. The molecule has 98 valence electrons. The first-order chi connectivity index (χ1) is 8.22. The van der Waals surface area contributed by atoms with Crippen LogP contribution in [0.2, 0.25) is 0 Å². The highest BCUT2D eigenvalue weighted by molar-refractivity contribution is 5.81. The molecule has 0 heterocycles. The van der Waals surface area contributed by atoms with E-state index in [4.69, 9.17) is 6.42 Å². The third-order valence-electron chi connectivity index (χ3n) is 2.67. The molecule has 3 nitrogen and oxygen atoms in total. The van der Waals surface area contributed by atoms with E-state index in [1.54, 1.807) is 0 Å². The van der Waals surface area contributed by atoms with Crippen LogP contribution in [0.4, 0.5) is 0 Å². The van der Waals surface area contributed by atoms with Gasteiger partial charge < -0.3 is 10.6 Å². The maximum Gasteiger partial charge on any atom is 0.236 e. The van der Waals surface area contributed by atoms with E-state index in [0.717, 1.165) is 38.8 Å². The molecule has 0 bridgehead atoms. The zero-order valence-corrected chi connectivity index (χ0v) is 11.2. The number of unbranched alkanes of at least 4 members (excludes halogenated alkanes) is 4. The fraction of sp³-hybridized carbons (Fsp3) is 0.786. The Morgan fingerprint density at radius 1 is 1.24 bits per heavy atom. The maximum atomic E-state index is 11.6. The lowest BCUT2D eigenvalue weighted by Gasteiger charge is -2.13. The standard InChI is InChI=1S/C14H26N2O/c1-4-6-8-10-11-15-13(3)14(17)16-12-9-7-5-2/h1,13,15H,5-12H2,2-3H3,(H,16,17). The summed E-state index contributed by atoms with van der Waals surface area (Å²) >= 11 is 0. The first-order valence-corrected chi connectivity index (χ1v) is 6.67. The Hall–Kier alpha value is -1.01. The number of nitrogens with one attached hydrogen (secondary N) is 2. The molecule has 1 unspecified atom stereocenters. The molecule has 0 rings (SSSR count). The van der Waals surface area contributed by atoms with Crippen LogP contribution >= 0.6 is 0 Å². The highest BCUT2D eigenvalue weighted by atomic mass is 16.2. The number of terminal acetylenes is 1. The summed E-state index contributed by atoms with van der Waals surface area (Å²) in [5, 5.41) is 6.14. The molecule has 0 aromatic heterocycles. The second-order valence-corrected chi connectivity index (χ2v) is 4.34. The molecule has 3 heteroatoms. The predicted octanol–water partition coefficient (Wildman–Crippen LogP) is 2.07. The quantitative estimate of drug-likeness (QED) is 0.452. The van der Waals surface area contributed by atoms with E-state index in [0.29, 0.717) is 0 Å². The molecular weight excluding hydrogens is 212 g/mol. The summed E-state index contributed by atoms with van der Waals surface area (Å²) in [7, 11) is 0. The Kier molecular flexibility index (Phi) is 10.8. The smallest absolute Gasteiger partial charge is 0.236 e. The molecule has 0 saturated carbocycles. The Balaban J connectivity index is 3.44. The van der Waals surface area contributed by atoms with Gasteiger partial charge in [-0.05, 0) is 32.7 Å². The monoisotopic (exact) mass is 238 g/mol. The third kappa shape index (κ3) is 9.89.